The first kappa shape index (κ1) is 19.5. The predicted octanol–water partition coefficient (Wildman–Crippen LogP) is 3.70. The van der Waals surface area contributed by atoms with Crippen LogP contribution in [0.1, 0.15) is 51.4 Å². The summed E-state index contributed by atoms with van der Waals surface area (Å²) in [5.74, 6) is 0.721. The molecule has 1 fully saturated rings. The van der Waals surface area contributed by atoms with E-state index >= 15 is 0 Å². The van der Waals surface area contributed by atoms with Crippen LogP contribution in [0.3, 0.4) is 0 Å². The molecule has 1 amide bonds. The van der Waals surface area contributed by atoms with Gasteiger partial charge in [-0.1, -0.05) is 29.8 Å². The molecule has 0 aliphatic carbocycles. The molecule has 1 saturated heterocycles. The van der Waals surface area contributed by atoms with Crippen LogP contribution in [0.2, 0.25) is 5.02 Å². The molecule has 0 unspecified atom stereocenters. The van der Waals surface area contributed by atoms with Gasteiger partial charge in [0, 0.05) is 11.1 Å². The van der Waals surface area contributed by atoms with Crippen molar-refractivity contribution >= 4 is 23.2 Å². The Kier molecular flexibility index (Phi) is 4.99. The highest BCUT2D eigenvalue weighted by molar-refractivity contribution is 6.31. The Hall–Kier alpha value is -2.44. The van der Waals surface area contributed by atoms with E-state index in [1.807, 2.05) is 41.5 Å². The number of rotatable bonds is 3. The van der Waals surface area contributed by atoms with Crippen molar-refractivity contribution in [3.05, 3.63) is 63.1 Å². The number of fused-ring (bicyclic) bond motifs is 3. The Morgan fingerprint density at radius 2 is 1.97 bits per heavy atom. The lowest BCUT2D eigenvalue weighted by atomic mass is 9.89. The molecule has 0 spiro atoms. The third kappa shape index (κ3) is 3.28. The molecule has 0 atom stereocenters. The van der Waals surface area contributed by atoms with Crippen LogP contribution in [-0.2, 0) is 19.5 Å². The molecular weight excluding hydrogens is 398 g/mol. The van der Waals surface area contributed by atoms with E-state index in [1.54, 1.807) is 0 Å². The molecule has 2 aliphatic heterocycles. The minimum atomic E-state index is 0.0816. The maximum Gasteiger partial charge on any atom is 0.254 e. The lowest BCUT2D eigenvalue weighted by Gasteiger charge is -2.24. The van der Waals surface area contributed by atoms with Crippen molar-refractivity contribution in [2.45, 2.75) is 46.2 Å². The second-order valence-corrected chi connectivity index (χ2v) is 8.85. The van der Waals surface area contributed by atoms with Crippen molar-refractivity contribution in [2.24, 2.45) is 5.92 Å². The van der Waals surface area contributed by atoms with Crippen LogP contribution in [-0.4, -0.2) is 38.5 Å². The summed E-state index contributed by atoms with van der Waals surface area (Å²) >= 11 is 6.34. The minimum absolute atomic E-state index is 0.0816. The van der Waals surface area contributed by atoms with Crippen molar-refractivity contribution in [1.82, 2.24) is 24.8 Å². The predicted molar refractivity (Wildman–Crippen MR) is 117 cm³/mol. The van der Waals surface area contributed by atoms with Gasteiger partial charge in [0.2, 0.25) is 0 Å². The van der Waals surface area contributed by atoms with Crippen molar-refractivity contribution in [2.75, 3.05) is 13.1 Å². The van der Waals surface area contributed by atoms with Crippen LogP contribution >= 0.6 is 11.6 Å². The fourth-order valence-corrected chi connectivity index (χ4v) is 4.85. The summed E-state index contributed by atoms with van der Waals surface area (Å²) < 4.78 is 1.81. The summed E-state index contributed by atoms with van der Waals surface area (Å²) in [6, 6.07) is 8.07. The number of aromatic nitrogens is 3. The molecule has 7 heteroatoms. The first-order chi connectivity index (χ1) is 14.5. The van der Waals surface area contributed by atoms with E-state index in [4.69, 9.17) is 16.7 Å². The van der Waals surface area contributed by atoms with Crippen molar-refractivity contribution < 1.29 is 4.79 Å². The van der Waals surface area contributed by atoms with Crippen molar-refractivity contribution in [1.29, 1.82) is 0 Å². The number of carbonyl (C=O) groups is 1. The Balaban J connectivity index is 1.41. The quantitative estimate of drug-likeness (QED) is 0.697. The zero-order valence-electron chi connectivity index (χ0n) is 17.4. The maximum absolute atomic E-state index is 13.4. The standard InChI is InChI=1S/C23H26ClN5O/c1-14-21(24)15(2)29-22(26-14)19-12-28(13-20(19)27-29)23(30)18-6-4-3-5-17(18)11-16-7-9-25-10-8-16/h3-6,16,25H,7-13H2,1-2H3. The lowest BCUT2D eigenvalue weighted by Crippen LogP contribution is -2.30. The van der Waals surface area contributed by atoms with Crippen LogP contribution < -0.4 is 5.32 Å². The molecule has 2 aliphatic rings. The van der Waals surface area contributed by atoms with E-state index in [0.29, 0.717) is 24.0 Å². The molecule has 3 aromatic rings. The first-order valence-corrected chi connectivity index (χ1v) is 11.0. The highest BCUT2D eigenvalue weighted by atomic mass is 35.5. The van der Waals surface area contributed by atoms with Gasteiger partial charge in [-0.2, -0.15) is 5.10 Å². The first-order valence-electron chi connectivity index (χ1n) is 10.6. The zero-order chi connectivity index (χ0) is 20.8. The lowest BCUT2D eigenvalue weighted by molar-refractivity contribution is 0.0748. The van der Waals surface area contributed by atoms with Crippen LogP contribution in [0.4, 0.5) is 0 Å². The van der Waals surface area contributed by atoms with E-state index in [0.717, 1.165) is 58.9 Å². The number of halogens is 1. The van der Waals surface area contributed by atoms with Crippen molar-refractivity contribution in [3.8, 4) is 0 Å². The van der Waals surface area contributed by atoms with Gasteiger partial charge in [0.25, 0.3) is 5.91 Å². The molecule has 6 nitrogen and oxygen atoms in total. The summed E-state index contributed by atoms with van der Waals surface area (Å²) in [7, 11) is 0. The maximum atomic E-state index is 13.4. The number of piperidine rings is 1. The van der Waals surface area contributed by atoms with Crippen LogP contribution in [0.15, 0.2) is 24.3 Å². The summed E-state index contributed by atoms with van der Waals surface area (Å²) in [6.45, 7) is 7.04. The molecule has 4 heterocycles. The highest BCUT2D eigenvalue weighted by Crippen LogP contribution is 2.30. The monoisotopic (exact) mass is 423 g/mol. The Labute approximate surface area is 181 Å². The number of amides is 1. The van der Waals surface area contributed by atoms with Gasteiger partial charge in [-0.3, -0.25) is 4.79 Å². The molecule has 5 rings (SSSR count). The van der Waals surface area contributed by atoms with Gasteiger partial charge in [-0.15, -0.1) is 0 Å². The van der Waals surface area contributed by atoms with E-state index in [2.05, 4.69) is 16.4 Å². The molecule has 0 bridgehead atoms. The molecule has 30 heavy (non-hydrogen) atoms. The summed E-state index contributed by atoms with van der Waals surface area (Å²) in [4.78, 5) is 20.0. The number of nitrogens with one attached hydrogen (secondary N) is 1. The number of nitrogens with zero attached hydrogens (tertiary/aromatic N) is 4. The number of carbonyl (C=O) groups excluding carboxylic acids is 1. The van der Waals surface area contributed by atoms with Crippen LogP contribution in [0.25, 0.3) is 5.65 Å². The van der Waals surface area contributed by atoms with E-state index in [9.17, 15) is 4.79 Å². The highest BCUT2D eigenvalue weighted by Gasteiger charge is 2.31. The molecule has 0 saturated carbocycles. The van der Waals surface area contributed by atoms with E-state index in [-0.39, 0.29) is 5.91 Å². The van der Waals surface area contributed by atoms with Gasteiger partial charge in [-0.25, -0.2) is 9.50 Å². The molecule has 1 aromatic carbocycles. The summed E-state index contributed by atoms with van der Waals surface area (Å²) in [5, 5.41) is 8.77. The van der Waals surface area contributed by atoms with Gasteiger partial charge in [0.15, 0.2) is 5.65 Å². The molecule has 1 N–H and O–H groups in total. The van der Waals surface area contributed by atoms with Gasteiger partial charge >= 0.3 is 0 Å². The number of aryl methyl sites for hydroxylation is 2. The summed E-state index contributed by atoms with van der Waals surface area (Å²) in [6.07, 6.45) is 3.30. The fraction of sp³-hybridized carbons (Fsp3) is 0.435. The second-order valence-electron chi connectivity index (χ2n) is 8.47. The normalized spacial score (nSPS) is 17.0. The Morgan fingerprint density at radius 3 is 2.77 bits per heavy atom. The van der Waals surface area contributed by atoms with Gasteiger partial charge in [-0.05, 0) is 63.7 Å². The number of benzene rings is 1. The van der Waals surface area contributed by atoms with E-state index in [1.165, 1.54) is 12.8 Å². The molecule has 0 radical (unpaired) electrons. The number of hydrogen-bond acceptors (Lipinski definition) is 4. The largest absolute Gasteiger partial charge is 0.328 e. The minimum Gasteiger partial charge on any atom is -0.328 e. The smallest absolute Gasteiger partial charge is 0.254 e. The second kappa shape index (κ2) is 7.67. The van der Waals surface area contributed by atoms with Gasteiger partial charge < -0.3 is 10.2 Å². The third-order valence-corrected chi connectivity index (χ3v) is 7.01. The van der Waals surface area contributed by atoms with Crippen LogP contribution in [0.5, 0.6) is 0 Å². The van der Waals surface area contributed by atoms with Gasteiger partial charge in [0.1, 0.15) is 0 Å². The average molecular weight is 424 g/mol. The Morgan fingerprint density at radius 1 is 1.20 bits per heavy atom. The van der Waals surface area contributed by atoms with Crippen LogP contribution in [0, 0.1) is 19.8 Å². The molecule has 156 valence electrons. The zero-order valence-corrected chi connectivity index (χ0v) is 18.2. The third-order valence-electron chi connectivity index (χ3n) is 6.46. The topological polar surface area (TPSA) is 62.5 Å². The number of hydrogen-bond donors (Lipinski definition) is 1. The summed E-state index contributed by atoms with van der Waals surface area (Å²) in [5.41, 5.74) is 6.41. The SMILES string of the molecule is Cc1nc2c3c(nn2c(C)c1Cl)CN(C(=O)c1ccccc1CC1CCNCC1)C3. The van der Waals surface area contributed by atoms with Gasteiger partial charge in [0.05, 0.1) is 35.2 Å². The Bertz CT molecular complexity index is 1130. The molecule has 2 aromatic heterocycles. The average Bonchev–Trinajstić information content (AvgIpc) is 3.32. The van der Waals surface area contributed by atoms with Crippen molar-refractivity contribution in [3.63, 3.8) is 0 Å². The van der Waals surface area contributed by atoms with E-state index < -0.39 is 0 Å². The fourth-order valence-electron chi connectivity index (χ4n) is 4.73. The molecular formula is C23H26ClN5O.